The van der Waals surface area contributed by atoms with E-state index in [-0.39, 0.29) is 0 Å². The van der Waals surface area contributed by atoms with Crippen LogP contribution in [0.5, 0.6) is 0 Å². The third kappa shape index (κ3) is 2.89. The van der Waals surface area contributed by atoms with Crippen molar-refractivity contribution in [1.29, 1.82) is 0 Å². The highest BCUT2D eigenvalue weighted by molar-refractivity contribution is 5.33. The second-order valence-corrected chi connectivity index (χ2v) is 3.99. The van der Waals surface area contributed by atoms with Crippen molar-refractivity contribution in [2.45, 2.75) is 25.8 Å². The van der Waals surface area contributed by atoms with Crippen molar-refractivity contribution in [3.05, 3.63) is 18.3 Å². The molecule has 0 bridgehead atoms. The predicted molar refractivity (Wildman–Crippen MR) is 60.8 cm³/mol. The van der Waals surface area contributed by atoms with Crippen LogP contribution < -0.4 is 5.32 Å². The van der Waals surface area contributed by atoms with Crippen molar-refractivity contribution in [2.75, 3.05) is 25.0 Å². The van der Waals surface area contributed by atoms with Crippen LogP contribution in [0.2, 0.25) is 0 Å². The van der Waals surface area contributed by atoms with Gasteiger partial charge in [-0.2, -0.15) is 5.10 Å². The van der Waals surface area contributed by atoms with Crippen LogP contribution >= 0.6 is 0 Å². The summed E-state index contributed by atoms with van der Waals surface area (Å²) in [5, 5.41) is 11.3. The van der Waals surface area contributed by atoms with Crippen LogP contribution in [-0.4, -0.2) is 40.8 Å². The van der Waals surface area contributed by atoms with Crippen LogP contribution in [0.4, 0.5) is 5.82 Å². The van der Waals surface area contributed by atoms with Gasteiger partial charge in [0.05, 0.1) is 0 Å². The fourth-order valence-electron chi connectivity index (χ4n) is 2.05. The molecule has 1 aromatic rings. The summed E-state index contributed by atoms with van der Waals surface area (Å²) in [6.45, 7) is 5.70. The molecule has 15 heavy (non-hydrogen) atoms. The summed E-state index contributed by atoms with van der Waals surface area (Å²) in [6, 6.07) is 4.41. The topological polar surface area (TPSA) is 41.0 Å². The first-order valence-corrected chi connectivity index (χ1v) is 5.65. The molecule has 0 radical (unpaired) electrons. The van der Waals surface area contributed by atoms with E-state index in [0.717, 1.165) is 18.9 Å². The molecule has 1 atom stereocenters. The standard InChI is InChI=1S/C11H18N4/c1-2-15-8-4-5-10(9-15)13-11-6-3-7-12-14-11/h3,6-7,10H,2,4-5,8-9H2,1H3,(H,13,14). The van der Waals surface area contributed by atoms with Crippen LogP contribution in [0.3, 0.4) is 0 Å². The number of nitrogens with zero attached hydrogens (tertiary/aromatic N) is 3. The molecule has 4 heteroatoms. The minimum absolute atomic E-state index is 0.524. The van der Waals surface area contributed by atoms with Gasteiger partial charge < -0.3 is 10.2 Å². The molecule has 0 spiro atoms. The summed E-state index contributed by atoms with van der Waals surface area (Å²) in [4.78, 5) is 2.47. The third-order valence-electron chi connectivity index (χ3n) is 2.88. The molecule has 82 valence electrons. The summed E-state index contributed by atoms with van der Waals surface area (Å²) in [7, 11) is 0. The highest BCUT2D eigenvalue weighted by Crippen LogP contribution is 2.13. The number of anilines is 1. The van der Waals surface area contributed by atoms with Crippen molar-refractivity contribution in [1.82, 2.24) is 15.1 Å². The van der Waals surface area contributed by atoms with Gasteiger partial charge >= 0.3 is 0 Å². The van der Waals surface area contributed by atoms with E-state index in [0.29, 0.717) is 6.04 Å². The predicted octanol–water partition coefficient (Wildman–Crippen LogP) is 1.37. The van der Waals surface area contributed by atoms with Crippen molar-refractivity contribution >= 4 is 5.82 Å². The first-order chi connectivity index (χ1) is 7.38. The largest absolute Gasteiger partial charge is 0.365 e. The minimum atomic E-state index is 0.524. The second-order valence-electron chi connectivity index (χ2n) is 3.99. The van der Waals surface area contributed by atoms with E-state index in [1.165, 1.54) is 19.4 Å². The molecule has 0 aromatic carbocycles. The summed E-state index contributed by atoms with van der Waals surface area (Å²) in [6.07, 6.45) is 4.20. The fourth-order valence-corrected chi connectivity index (χ4v) is 2.05. The van der Waals surface area contributed by atoms with E-state index in [2.05, 4.69) is 27.3 Å². The van der Waals surface area contributed by atoms with Gasteiger partial charge in [-0.3, -0.25) is 0 Å². The Hall–Kier alpha value is -1.16. The monoisotopic (exact) mass is 206 g/mol. The van der Waals surface area contributed by atoms with Crippen molar-refractivity contribution < 1.29 is 0 Å². The first kappa shape index (κ1) is 10.4. The summed E-state index contributed by atoms with van der Waals surface area (Å²) in [5.41, 5.74) is 0. The van der Waals surface area contributed by atoms with Crippen LogP contribution in [0, 0.1) is 0 Å². The molecule has 1 N–H and O–H groups in total. The maximum Gasteiger partial charge on any atom is 0.148 e. The first-order valence-electron chi connectivity index (χ1n) is 5.65. The molecule has 1 fully saturated rings. The molecule has 0 amide bonds. The van der Waals surface area contributed by atoms with Crippen molar-refractivity contribution in [3.8, 4) is 0 Å². The molecular weight excluding hydrogens is 188 g/mol. The van der Waals surface area contributed by atoms with E-state index in [1.807, 2.05) is 12.1 Å². The lowest BCUT2D eigenvalue weighted by molar-refractivity contribution is 0.226. The van der Waals surface area contributed by atoms with Crippen LogP contribution in [0.15, 0.2) is 18.3 Å². The van der Waals surface area contributed by atoms with Crippen LogP contribution in [0.1, 0.15) is 19.8 Å². The fraction of sp³-hybridized carbons (Fsp3) is 0.636. The number of rotatable bonds is 3. The summed E-state index contributed by atoms with van der Waals surface area (Å²) < 4.78 is 0. The van der Waals surface area contributed by atoms with Gasteiger partial charge in [-0.25, -0.2) is 0 Å². The van der Waals surface area contributed by atoms with E-state index >= 15 is 0 Å². The molecule has 1 aliphatic heterocycles. The Kier molecular flexibility index (Phi) is 3.50. The average Bonchev–Trinajstić information content (AvgIpc) is 2.31. The molecule has 1 saturated heterocycles. The smallest absolute Gasteiger partial charge is 0.148 e. The highest BCUT2D eigenvalue weighted by atomic mass is 15.2. The maximum absolute atomic E-state index is 4.04. The lowest BCUT2D eigenvalue weighted by Crippen LogP contribution is -2.41. The van der Waals surface area contributed by atoms with Gasteiger partial charge in [0.2, 0.25) is 0 Å². The number of nitrogens with one attached hydrogen (secondary N) is 1. The van der Waals surface area contributed by atoms with Gasteiger partial charge in [0.15, 0.2) is 0 Å². The van der Waals surface area contributed by atoms with E-state index < -0.39 is 0 Å². The van der Waals surface area contributed by atoms with E-state index in [1.54, 1.807) is 6.20 Å². The Labute approximate surface area is 90.7 Å². The van der Waals surface area contributed by atoms with Gasteiger partial charge in [0, 0.05) is 18.8 Å². The number of hydrogen-bond donors (Lipinski definition) is 1. The second kappa shape index (κ2) is 5.07. The lowest BCUT2D eigenvalue weighted by atomic mass is 10.1. The van der Waals surface area contributed by atoms with Crippen LogP contribution in [-0.2, 0) is 0 Å². The molecule has 0 aliphatic carbocycles. The van der Waals surface area contributed by atoms with Crippen LogP contribution in [0.25, 0.3) is 0 Å². The summed E-state index contributed by atoms with van der Waals surface area (Å²) >= 11 is 0. The van der Waals surface area contributed by atoms with E-state index in [9.17, 15) is 0 Å². The average molecular weight is 206 g/mol. The summed E-state index contributed by atoms with van der Waals surface area (Å²) in [5.74, 6) is 0.889. The molecule has 2 rings (SSSR count). The number of likely N-dealkylation sites (tertiary alicyclic amines) is 1. The Morgan fingerprint density at radius 2 is 2.53 bits per heavy atom. The molecule has 1 aliphatic rings. The van der Waals surface area contributed by atoms with E-state index in [4.69, 9.17) is 0 Å². The molecule has 0 saturated carbocycles. The van der Waals surface area contributed by atoms with Gasteiger partial charge in [-0.1, -0.05) is 6.92 Å². The zero-order valence-corrected chi connectivity index (χ0v) is 9.19. The molecule has 1 unspecified atom stereocenters. The SMILES string of the molecule is CCN1CCCC(Nc2cccnn2)C1. The van der Waals surface area contributed by atoms with Gasteiger partial charge in [0.1, 0.15) is 5.82 Å². The minimum Gasteiger partial charge on any atom is -0.365 e. The van der Waals surface area contributed by atoms with Crippen molar-refractivity contribution in [2.24, 2.45) is 0 Å². The van der Waals surface area contributed by atoms with Crippen molar-refractivity contribution in [3.63, 3.8) is 0 Å². The molecular formula is C11H18N4. The maximum atomic E-state index is 4.04. The Morgan fingerprint density at radius 3 is 3.27 bits per heavy atom. The lowest BCUT2D eigenvalue weighted by Gasteiger charge is -2.32. The van der Waals surface area contributed by atoms with Gasteiger partial charge in [0.25, 0.3) is 0 Å². The highest BCUT2D eigenvalue weighted by Gasteiger charge is 2.18. The van der Waals surface area contributed by atoms with Gasteiger partial charge in [-0.15, -0.1) is 5.10 Å². The third-order valence-corrected chi connectivity index (χ3v) is 2.88. The Bertz CT molecular complexity index is 288. The zero-order chi connectivity index (χ0) is 10.5. The van der Waals surface area contributed by atoms with Gasteiger partial charge in [-0.05, 0) is 38.1 Å². The number of hydrogen-bond acceptors (Lipinski definition) is 4. The Balaban J connectivity index is 1.89. The molecule has 2 heterocycles. The zero-order valence-electron chi connectivity index (χ0n) is 9.19. The Morgan fingerprint density at radius 1 is 1.60 bits per heavy atom. The molecule has 1 aromatic heterocycles. The molecule has 4 nitrogen and oxygen atoms in total. The number of aromatic nitrogens is 2. The quantitative estimate of drug-likeness (QED) is 0.811. The number of likely N-dealkylation sites (N-methyl/N-ethyl adjacent to an activating group) is 1. The number of piperidine rings is 1. The normalized spacial score (nSPS) is 22.6.